The maximum atomic E-state index is 11.6. The first-order valence-corrected chi connectivity index (χ1v) is 6.90. The molecule has 0 amide bonds. The first kappa shape index (κ1) is 16.9. The van der Waals surface area contributed by atoms with E-state index in [-0.39, 0.29) is 30.9 Å². The van der Waals surface area contributed by atoms with Gasteiger partial charge in [-0.3, -0.25) is 9.59 Å². The smallest absolute Gasteiger partial charge is 0.306 e. The summed E-state index contributed by atoms with van der Waals surface area (Å²) in [6, 6.07) is 0. The maximum Gasteiger partial charge on any atom is 0.306 e. The number of rotatable bonds is 9. The van der Waals surface area contributed by atoms with Gasteiger partial charge in [0.05, 0.1) is 19.4 Å². The Hall–Kier alpha value is -1.06. The molecule has 106 valence electrons. The number of carbonyl (C=O) groups is 2. The molecule has 0 bridgehead atoms. The highest BCUT2D eigenvalue weighted by Gasteiger charge is 2.19. The van der Waals surface area contributed by atoms with Crippen molar-refractivity contribution in [2.45, 2.75) is 65.9 Å². The van der Waals surface area contributed by atoms with Crippen LogP contribution in [0.5, 0.6) is 0 Å². The van der Waals surface area contributed by atoms with Crippen molar-refractivity contribution in [3.05, 3.63) is 0 Å². The minimum atomic E-state index is -0.343. The van der Waals surface area contributed by atoms with Crippen LogP contribution in [0.25, 0.3) is 0 Å². The van der Waals surface area contributed by atoms with Crippen LogP contribution in [0, 0.1) is 5.92 Å². The van der Waals surface area contributed by atoms with Gasteiger partial charge >= 0.3 is 11.9 Å². The van der Waals surface area contributed by atoms with E-state index in [0.29, 0.717) is 12.5 Å². The molecule has 4 nitrogen and oxygen atoms in total. The first-order chi connectivity index (χ1) is 8.54. The fourth-order valence-electron chi connectivity index (χ4n) is 1.91. The minimum absolute atomic E-state index is 0.0420. The lowest BCUT2D eigenvalue weighted by Crippen LogP contribution is -2.25. The third-order valence-electron chi connectivity index (χ3n) is 2.90. The molecule has 0 saturated carbocycles. The van der Waals surface area contributed by atoms with Crippen molar-refractivity contribution in [2.24, 2.45) is 5.92 Å². The summed E-state index contributed by atoms with van der Waals surface area (Å²) in [5.41, 5.74) is 0. The van der Waals surface area contributed by atoms with Crippen molar-refractivity contribution in [1.82, 2.24) is 0 Å². The number of esters is 2. The standard InChI is InChI=1S/C14H26O4/c1-5-8-11(4)12(6-2)18-14(16)10-9-13(15)17-7-3/h11-12H,5-10H2,1-4H3. The van der Waals surface area contributed by atoms with Crippen LogP contribution in [-0.2, 0) is 19.1 Å². The molecule has 0 aliphatic rings. The summed E-state index contributed by atoms with van der Waals surface area (Å²) in [5, 5.41) is 0. The lowest BCUT2D eigenvalue weighted by atomic mass is 9.97. The van der Waals surface area contributed by atoms with Gasteiger partial charge in [0, 0.05) is 0 Å². The van der Waals surface area contributed by atoms with Crippen molar-refractivity contribution < 1.29 is 19.1 Å². The number of carbonyl (C=O) groups excluding carboxylic acids is 2. The van der Waals surface area contributed by atoms with Crippen LogP contribution >= 0.6 is 0 Å². The lowest BCUT2D eigenvalue weighted by Gasteiger charge is -2.22. The van der Waals surface area contributed by atoms with Gasteiger partial charge in [-0.05, 0) is 25.7 Å². The predicted octanol–water partition coefficient (Wildman–Crippen LogP) is 3.09. The Balaban J connectivity index is 4.00. The van der Waals surface area contributed by atoms with Gasteiger partial charge in [0.25, 0.3) is 0 Å². The summed E-state index contributed by atoms with van der Waals surface area (Å²) in [7, 11) is 0. The Kier molecular flexibility index (Phi) is 9.33. The van der Waals surface area contributed by atoms with Crippen LogP contribution in [0.4, 0.5) is 0 Å². The van der Waals surface area contributed by atoms with E-state index in [4.69, 9.17) is 9.47 Å². The summed E-state index contributed by atoms with van der Waals surface area (Å²) < 4.78 is 10.2. The molecular weight excluding hydrogens is 232 g/mol. The van der Waals surface area contributed by atoms with Gasteiger partial charge in [0.15, 0.2) is 0 Å². The van der Waals surface area contributed by atoms with Gasteiger partial charge in [-0.2, -0.15) is 0 Å². The Morgan fingerprint density at radius 3 is 2.17 bits per heavy atom. The zero-order valence-electron chi connectivity index (χ0n) is 12.0. The van der Waals surface area contributed by atoms with E-state index >= 15 is 0 Å². The highest BCUT2D eigenvalue weighted by atomic mass is 16.5. The zero-order chi connectivity index (χ0) is 14.0. The molecule has 0 aliphatic carbocycles. The van der Waals surface area contributed by atoms with Crippen LogP contribution in [-0.4, -0.2) is 24.6 Å². The fraction of sp³-hybridized carbons (Fsp3) is 0.857. The molecule has 0 radical (unpaired) electrons. The maximum absolute atomic E-state index is 11.6. The third kappa shape index (κ3) is 7.30. The second-order valence-electron chi connectivity index (χ2n) is 4.51. The Labute approximate surface area is 110 Å². The summed E-state index contributed by atoms with van der Waals surface area (Å²) in [6.45, 7) is 8.31. The molecule has 0 heterocycles. The molecule has 18 heavy (non-hydrogen) atoms. The molecule has 0 N–H and O–H groups in total. The summed E-state index contributed by atoms with van der Waals surface area (Å²) in [6.07, 6.45) is 3.10. The number of ether oxygens (including phenoxy) is 2. The molecule has 0 aliphatic heterocycles. The van der Waals surface area contributed by atoms with E-state index in [9.17, 15) is 9.59 Å². The molecule has 0 aromatic rings. The molecule has 2 unspecified atom stereocenters. The van der Waals surface area contributed by atoms with Gasteiger partial charge in [0.1, 0.15) is 6.10 Å². The summed E-state index contributed by atoms with van der Waals surface area (Å²) in [4.78, 5) is 22.7. The third-order valence-corrected chi connectivity index (χ3v) is 2.90. The van der Waals surface area contributed by atoms with Crippen LogP contribution in [0.1, 0.15) is 59.8 Å². The number of hydrogen-bond acceptors (Lipinski definition) is 4. The normalized spacial score (nSPS) is 13.8. The van der Waals surface area contributed by atoms with Gasteiger partial charge in [-0.15, -0.1) is 0 Å². The second kappa shape index (κ2) is 9.92. The van der Waals surface area contributed by atoms with Gasteiger partial charge < -0.3 is 9.47 Å². The van der Waals surface area contributed by atoms with Crippen LogP contribution in [0.3, 0.4) is 0 Å². The van der Waals surface area contributed by atoms with Crippen molar-refractivity contribution in [2.75, 3.05) is 6.61 Å². The Morgan fingerprint density at radius 2 is 1.67 bits per heavy atom. The number of hydrogen-bond donors (Lipinski definition) is 0. The first-order valence-electron chi connectivity index (χ1n) is 6.90. The minimum Gasteiger partial charge on any atom is -0.466 e. The average Bonchev–Trinajstić information content (AvgIpc) is 2.34. The topological polar surface area (TPSA) is 52.6 Å². The van der Waals surface area contributed by atoms with Crippen LogP contribution in [0.15, 0.2) is 0 Å². The fourth-order valence-corrected chi connectivity index (χ4v) is 1.91. The zero-order valence-corrected chi connectivity index (χ0v) is 12.0. The van der Waals surface area contributed by atoms with E-state index in [1.54, 1.807) is 6.92 Å². The molecule has 0 spiro atoms. The molecule has 2 atom stereocenters. The van der Waals surface area contributed by atoms with Crippen LogP contribution < -0.4 is 0 Å². The molecule has 0 saturated heterocycles. The largest absolute Gasteiger partial charge is 0.466 e. The van der Waals surface area contributed by atoms with E-state index < -0.39 is 0 Å². The molecule has 0 aromatic carbocycles. The van der Waals surface area contributed by atoms with E-state index in [1.165, 1.54) is 0 Å². The van der Waals surface area contributed by atoms with Crippen LogP contribution in [0.2, 0.25) is 0 Å². The van der Waals surface area contributed by atoms with E-state index in [1.807, 2.05) is 6.92 Å². The molecule has 0 fully saturated rings. The predicted molar refractivity (Wildman–Crippen MR) is 70.1 cm³/mol. The van der Waals surface area contributed by atoms with E-state index in [2.05, 4.69) is 13.8 Å². The monoisotopic (exact) mass is 258 g/mol. The quantitative estimate of drug-likeness (QED) is 0.596. The summed E-state index contributed by atoms with van der Waals surface area (Å²) in [5.74, 6) is -0.284. The highest BCUT2D eigenvalue weighted by Crippen LogP contribution is 2.17. The lowest BCUT2D eigenvalue weighted by molar-refractivity contribution is -0.155. The Morgan fingerprint density at radius 1 is 1.06 bits per heavy atom. The van der Waals surface area contributed by atoms with Crippen molar-refractivity contribution in [1.29, 1.82) is 0 Å². The second-order valence-corrected chi connectivity index (χ2v) is 4.51. The van der Waals surface area contributed by atoms with E-state index in [0.717, 1.165) is 19.3 Å². The average molecular weight is 258 g/mol. The van der Waals surface area contributed by atoms with Crippen molar-refractivity contribution >= 4 is 11.9 Å². The highest BCUT2D eigenvalue weighted by molar-refractivity contribution is 5.77. The van der Waals surface area contributed by atoms with Gasteiger partial charge in [-0.1, -0.05) is 27.2 Å². The summed E-state index contributed by atoms with van der Waals surface area (Å²) >= 11 is 0. The SMILES string of the molecule is CCCC(C)C(CC)OC(=O)CCC(=O)OCC. The molecule has 0 aromatic heterocycles. The Bertz CT molecular complexity index is 250. The molecule has 0 rings (SSSR count). The molecule has 4 heteroatoms. The van der Waals surface area contributed by atoms with Gasteiger partial charge in [-0.25, -0.2) is 0 Å². The van der Waals surface area contributed by atoms with Crippen molar-refractivity contribution in [3.63, 3.8) is 0 Å². The van der Waals surface area contributed by atoms with Crippen molar-refractivity contribution in [3.8, 4) is 0 Å². The van der Waals surface area contributed by atoms with Gasteiger partial charge in [0.2, 0.25) is 0 Å². The molecular formula is C14H26O4.